The first-order chi connectivity index (χ1) is 13.0. The highest BCUT2D eigenvalue weighted by atomic mass is 32.2. The zero-order valence-corrected chi connectivity index (χ0v) is 16.8. The van der Waals surface area contributed by atoms with Gasteiger partial charge in [-0.25, -0.2) is 8.42 Å². The van der Waals surface area contributed by atoms with E-state index in [2.05, 4.69) is 4.72 Å². The lowest BCUT2D eigenvalue weighted by atomic mass is 10.2. The minimum Gasteiger partial charge on any atom is -0.486 e. The molecule has 150 valence electrons. The fraction of sp³-hybridized carbons (Fsp3) is 0.588. The molecule has 0 spiro atoms. The second-order valence-electron chi connectivity index (χ2n) is 6.20. The van der Waals surface area contributed by atoms with Crippen molar-refractivity contribution in [1.29, 1.82) is 0 Å². The summed E-state index contributed by atoms with van der Waals surface area (Å²) in [4.78, 5) is 14.5. The molecule has 1 unspecified atom stereocenters. The third kappa shape index (κ3) is 5.07. The van der Waals surface area contributed by atoms with Gasteiger partial charge in [0.1, 0.15) is 19.3 Å². The number of sulfonamides is 1. The van der Waals surface area contributed by atoms with Gasteiger partial charge in [0.05, 0.1) is 18.1 Å². The lowest BCUT2D eigenvalue weighted by Gasteiger charge is -2.30. The molecule has 2 aliphatic heterocycles. The van der Waals surface area contributed by atoms with Gasteiger partial charge < -0.3 is 19.1 Å². The molecule has 8 nitrogen and oxygen atoms in total. The van der Waals surface area contributed by atoms with E-state index in [4.69, 9.17) is 14.2 Å². The normalized spacial score (nSPS) is 18.2. The van der Waals surface area contributed by atoms with E-state index in [1.54, 1.807) is 22.7 Å². The maximum Gasteiger partial charge on any atom is 0.241 e. The number of nitrogens with one attached hydrogen (secondary N) is 1. The second kappa shape index (κ2) is 9.13. The Hall–Kier alpha value is -1.49. The maximum absolute atomic E-state index is 12.9. The number of hydrogen-bond donors (Lipinski definition) is 1. The molecule has 0 bridgehead atoms. The van der Waals surface area contributed by atoms with Crippen LogP contribution in [0.15, 0.2) is 23.1 Å². The van der Waals surface area contributed by atoms with E-state index in [-0.39, 0.29) is 10.8 Å². The van der Waals surface area contributed by atoms with E-state index in [1.165, 1.54) is 12.1 Å². The SMILES string of the molecule is CSCCC(NS(=O)(=O)c1ccc2c(c1)OCCO2)C(=O)N1CCOCC1. The summed E-state index contributed by atoms with van der Waals surface area (Å²) in [5, 5.41) is 0. The molecule has 1 amide bonds. The smallest absolute Gasteiger partial charge is 0.241 e. The molecular weight excluding hydrogens is 392 g/mol. The quantitative estimate of drug-likeness (QED) is 0.700. The van der Waals surface area contributed by atoms with Gasteiger partial charge in [0.15, 0.2) is 11.5 Å². The fourth-order valence-electron chi connectivity index (χ4n) is 2.92. The largest absolute Gasteiger partial charge is 0.486 e. The standard InChI is InChI=1S/C17H24N2O6S2/c1-26-11-4-14(17(20)19-5-7-23-8-6-19)18-27(21,22)13-2-3-15-16(12-13)25-10-9-24-15/h2-3,12,14,18H,4-11H2,1H3. The minimum absolute atomic E-state index is 0.0516. The second-order valence-corrected chi connectivity index (χ2v) is 8.90. The molecule has 1 aromatic carbocycles. The monoisotopic (exact) mass is 416 g/mol. The van der Waals surface area contributed by atoms with E-state index in [1.807, 2.05) is 6.26 Å². The van der Waals surface area contributed by atoms with Crippen molar-refractivity contribution in [2.45, 2.75) is 17.4 Å². The number of thioether (sulfide) groups is 1. The molecule has 3 rings (SSSR count). The van der Waals surface area contributed by atoms with Gasteiger partial charge in [0, 0.05) is 19.2 Å². The Labute approximate surface area is 163 Å². The van der Waals surface area contributed by atoms with Crippen molar-refractivity contribution in [3.8, 4) is 11.5 Å². The first kappa shape index (κ1) is 20.2. The molecule has 1 aromatic rings. The van der Waals surface area contributed by atoms with Gasteiger partial charge in [-0.05, 0) is 30.6 Å². The van der Waals surface area contributed by atoms with Crippen LogP contribution in [0.4, 0.5) is 0 Å². The highest BCUT2D eigenvalue weighted by molar-refractivity contribution is 7.98. The van der Waals surface area contributed by atoms with Gasteiger partial charge in [-0.1, -0.05) is 0 Å². The Morgan fingerprint density at radius 1 is 1.19 bits per heavy atom. The lowest BCUT2D eigenvalue weighted by Crippen LogP contribution is -2.51. The zero-order chi connectivity index (χ0) is 19.3. The number of carbonyl (C=O) groups is 1. The van der Waals surface area contributed by atoms with E-state index in [9.17, 15) is 13.2 Å². The first-order valence-electron chi connectivity index (χ1n) is 8.79. The number of morpholine rings is 1. The van der Waals surface area contributed by atoms with E-state index in [0.717, 1.165) is 0 Å². The Morgan fingerprint density at radius 2 is 1.89 bits per heavy atom. The van der Waals surface area contributed by atoms with Crippen molar-refractivity contribution in [1.82, 2.24) is 9.62 Å². The number of fused-ring (bicyclic) bond motifs is 1. The summed E-state index contributed by atoms with van der Waals surface area (Å²) in [5.41, 5.74) is 0. The Morgan fingerprint density at radius 3 is 2.59 bits per heavy atom. The van der Waals surface area contributed by atoms with Crippen LogP contribution in [0.3, 0.4) is 0 Å². The van der Waals surface area contributed by atoms with Gasteiger partial charge in [-0.15, -0.1) is 0 Å². The van der Waals surface area contributed by atoms with Gasteiger partial charge >= 0.3 is 0 Å². The number of amides is 1. The van der Waals surface area contributed by atoms with Crippen LogP contribution in [0, 0.1) is 0 Å². The molecule has 0 aliphatic carbocycles. The Kier molecular flexibility index (Phi) is 6.85. The Balaban J connectivity index is 1.77. The molecule has 10 heteroatoms. The van der Waals surface area contributed by atoms with Crippen molar-refractivity contribution in [3.63, 3.8) is 0 Å². The minimum atomic E-state index is -3.88. The average molecular weight is 417 g/mol. The van der Waals surface area contributed by atoms with Crippen LogP contribution in [-0.2, 0) is 19.6 Å². The van der Waals surface area contributed by atoms with E-state index < -0.39 is 16.1 Å². The molecule has 0 aromatic heterocycles. The third-order valence-electron chi connectivity index (χ3n) is 4.35. The fourth-order valence-corrected chi connectivity index (χ4v) is 4.63. The zero-order valence-electron chi connectivity index (χ0n) is 15.2. The summed E-state index contributed by atoms with van der Waals surface area (Å²) >= 11 is 1.57. The van der Waals surface area contributed by atoms with E-state index in [0.29, 0.717) is 63.2 Å². The van der Waals surface area contributed by atoms with Crippen LogP contribution in [0.1, 0.15) is 6.42 Å². The van der Waals surface area contributed by atoms with Crippen LogP contribution in [0.5, 0.6) is 11.5 Å². The van der Waals surface area contributed by atoms with Crippen LogP contribution < -0.4 is 14.2 Å². The number of carbonyl (C=O) groups excluding carboxylic acids is 1. The van der Waals surface area contributed by atoms with Crippen LogP contribution in [0.25, 0.3) is 0 Å². The number of benzene rings is 1. The van der Waals surface area contributed by atoms with Crippen molar-refractivity contribution in [2.24, 2.45) is 0 Å². The topological polar surface area (TPSA) is 94.2 Å². The van der Waals surface area contributed by atoms with Crippen molar-refractivity contribution >= 4 is 27.7 Å². The molecule has 1 N–H and O–H groups in total. The lowest BCUT2D eigenvalue weighted by molar-refractivity contribution is -0.137. The summed E-state index contributed by atoms with van der Waals surface area (Å²) in [6, 6.07) is 3.65. The molecule has 0 saturated carbocycles. The van der Waals surface area contributed by atoms with Crippen LogP contribution in [-0.4, -0.2) is 76.8 Å². The molecule has 27 heavy (non-hydrogen) atoms. The van der Waals surface area contributed by atoms with Crippen LogP contribution >= 0.6 is 11.8 Å². The summed E-state index contributed by atoms with van der Waals surface area (Å²) in [7, 11) is -3.88. The van der Waals surface area contributed by atoms with E-state index >= 15 is 0 Å². The summed E-state index contributed by atoms with van der Waals surface area (Å²) in [5.74, 6) is 1.37. The van der Waals surface area contributed by atoms with Gasteiger partial charge in [0.25, 0.3) is 0 Å². The highest BCUT2D eigenvalue weighted by Crippen LogP contribution is 2.32. The highest BCUT2D eigenvalue weighted by Gasteiger charge is 2.30. The molecule has 1 saturated heterocycles. The predicted molar refractivity (Wildman–Crippen MR) is 102 cm³/mol. The number of ether oxygens (including phenoxy) is 3. The Bertz CT molecular complexity index is 765. The number of rotatable bonds is 7. The number of hydrogen-bond acceptors (Lipinski definition) is 7. The summed E-state index contributed by atoms with van der Waals surface area (Å²) in [6.45, 7) is 2.68. The molecule has 1 fully saturated rings. The van der Waals surface area contributed by atoms with Crippen molar-refractivity contribution in [2.75, 3.05) is 51.5 Å². The molecule has 0 radical (unpaired) electrons. The van der Waals surface area contributed by atoms with Gasteiger partial charge in [-0.2, -0.15) is 16.5 Å². The van der Waals surface area contributed by atoms with Crippen LogP contribution in [0.2, 0.25) is 0 Å². The summed E-state index contributed by atoms with van der Waals surface area (Å²) < 4.78 is 44.5. The molecule has 2 heterocycles. The van der Waals surface area contributed by atoms with Crippen molar-refractivity contribution < 1.29 is 27.4 Å². The maximum atomic E-state index is 12.9. The van der Waals surface area contributed by atoms with Gasteiger partial charge in [-0.3, -0.25) is 4.79 Å². The molecule has 1 atom stereocenters. The predicted octanol–water partition coefficient (Wildman–Crippen LogP) is 0.717. The summed E-state index contributed by atoms with van der Waals surface area (Å²) in [6.07, 6.45) is 2.34. The first-order valence-corrected chi connectivity index (χ1v) is 11.7. The van der Waals surface area contributed by atoms with Crippen molar-refractivity contribution in [3.05, 3.63) is 18.2 Å². The molecule has 2 aliphatic rings. The number of nitrogens with zero attached hydrogens (tertiary/aromatic N) is 1. The van der Waals surface area contributed by atoms with Gasteiger partial charge in [0.2, 0.25) is 15.9 Å². The molecular formula is C17H24N2O6S2. The average Bonchev–Trinajstić information content (AvgIpc) is 2.70. The third-order valence-corrected chi connectivity index (χ3v) is 6.47.